The molecule has 23 heavy (non-hydrogen) atoms. The van der Waals surface area contributed by atoms with Gasteiger partial charge in [0, 0.05) is 7.11 Å². The Bertz CT molecular complexity index is 663. The SMILES string of the molecule is [2H]N1C(C(F)(F)F)C=C2NC3=C(CN([C@@H](C)COC)C3=O)C(=O)N21. The maximum atomic E-state index is 12.9. The second kappa shape index (κ2) is 5.24. The van der Waals surface area contributed by atoms with Crippen LogP contribution in [0, 0.1) is 0 Å². The predicted octanol–water partition coefficient (Wildman–Crippen LogP) is -0.160. The van der Waals surface area contributed by atoms with Gasteiger partial charge in [0.05, 0.1) is 24.8 Å². The molecule has 0 saturated carbocycles. The van der Waals surface area contributed by atoms with Crippen molar-refractivity contribution in [3.05, 3.63) is 23.2 Å². The van der Waals surface area contributed by atoms with E-state index in [1.807, 2.05) is 0 Å². The summed E-state index contributed by atoms with van der Waals surface area (Å²) in [5.41, 5.74) is 0.0713. The number of amides is 2. The standard InChI is InChI=1S/C13H15F3N4O3/c1-6(5-23-2)19-4-7-10(12(19)22)17-9-3-8(13(14,15)16)18-20(9)11(7)21/h3,6,8,17-18H,4-5H2,1-2H3/t6-,8?/m0/s1/i/hD. The summed E-state index contributed by atoms with van der Waals surface area (Å²) in [6.07, 6.45) is -4.00. The summed E-state index contributed by atoms with van der Waals surface area (Å²) in [6, 6.07) is -2.55. The summed E-state index contributed by atoms with van der Waals surface area (Å²) >= 11 is 0. The summed E-state index contributed by atoms with van der Waals surface area (Å²) in [5, 5.41) is 3.16. The van der Waals surface area contributed by atoms with Gasteiger partial charge < -0.3 is 15.0 Å². The van der Waals surface area contributed by atoms with Crippen molar-refractivity contribution in [3.63, 3.8) is 0 Å². The van der Waals surface area contributed by atoms with E-state index in [0.29, 0.717) is 11.1 Å². The molecular weight excluding hydrogens is 317 g/mol. The van der Waals surface area contributed by atoms with Crippen LogP contribution in [0.25, 0.3) is 0 Å². The highest BCUT2D eigenvalue weighted by molar-refractivity contribution is 6.10. The summed E-state index contributed by atoms with van der Waals surface area (Å²) in [6.45, 7) is 1.95. The predicted molar refractivity (Wildman–Crippen MR) is 71.1 cm³/mol. The minimum atomic E-state index is -4.71. The van der Waals surface area contributed by atoms with E-state index in [4.69, 9.17) is 6.15 Å². The molecule has 3 heterocycles. The molecule has 7 nitrogen and oxygen atoms in total. The summed E-state index contributed by atoms with van der Waals surface area (Å²) in [7, 11) is 1.48. The number of rotatable bonds is 3. The number of nitrogens with one attached hydrogen (secondary N) is 2. The second-order valence-electron chi connectivity index (χ2n) is 5.49. The van der Waals surface area contributed by atoms with Crippen molar-refractivity contribution in [1.82, 2.24) is 20.6 Å². The van der Waals surface area contributed by atoms with E-state index in [9.17, 15) is 22.8 Å². The first-order chi connectivity index (χ1) is 11.2. The maximum Gasteiger partial charge on any atom is 0.409 e. The molecule has 10 heteroatoms. The zero-order valence-electron chi connectivity index (χ0n) is 13.3. The van der Waals surface area contributed by atoms with Crippen molar-refractivity contribution >= 4 is 11.8 Å². The molecule has 0 radical (unpaired) electrons. The van der Waals surface area contributed by atoms with E-state index in [1.165, 1.54) is 12.0 Å². The van der Waals surface area contributed by atoms with E-state index in [2.05, 4.69) is 5.32 Å². The number of alkyl halides is 3. The summed E-state index contributed by atoms with van der Waals surface area (Å²) in [4.78, 5) is 26.3. The van der Waals surface area contributed by atoms with Gasteiger partial charge in [0.25, 0.3) is 11.8 Å². The average Bonchev–Trinajstić information content (AvgIpc) is 2.99. The molecule has 0 fully saturated rings. The third-order valence-corrected chi connectivity index (χ3v) is 3.87. The molecule has 2 amide bonds. The number of ether oxygens (including phenoxy) is 1. The number of halogens is 3. The Balaban J connectivity index is 1.88. The van der Waals surface area contributed by atoms with Crippen LogP contribution in [0.5, 0.6) is 0 Å². The third-order valence-electron chi connectivity index (χ3n) is 3.87. The van der Waals surface area contributed by atoms with Crippen molar-refractivity contribution < 1.29 is 28.9 Å². The Hall–Kier alpha value is -2.07. The van der Waals surface area contributed by atoms with Crippen molar-refractivity contribution in [2.45, 2.75) is 25.2 Å². The molecule has 126 valence electrons. The van der Waals surface area contributed by atoms with Gasteiger partial charge in [0.15, 0.2) is 0 Å². The third kappa shape index (κ3) is 2.47. The minimum Gasteiger partial charge on any atom is -0.383 e. The molecule has 0 bridgehead atoms. The lowest BCUT2D eigenvalue weighted by Crippen LogP contribution is -2.51. The number of nitrogens with zero attached hydrogens (tertiary/aromatic N) is 2. The van der Waals surface area contributed by atoms with Crippen LogP contribution in [0.1, 0.15) is 6.92 Å². The fourth-order valence-corrected chi connectivity index (χ4v) is 2.70. The van der Waals surface area contributed by atoms with E-state index in [0.717, 1.165) is 0 Å². The van der Waals surface area contributed by atoms with E-state index < -0.39 is 24.0 Å². The Morgan fingerprint density at radius 2 is 2.17 bits per heavy atom. The first-order valence-corrected chi connectivity index (χ1v) is 6.88. The number of hydrogen-bond donors (Lipinski definition) is 2. The van der Waals surface area contributed by atoms with Crippen LogP contribution in [-0.2, 0) is 14.3 Å². The molecule has 3 rings (SSSR count). The van der Waals surface area contributed by atoms with Crippen LogP contribution in [0.2, 0.25) is 1.41 Å². The number of hydrazine groups is 1. The molecule has 0 aromatic heterocycles. The summed E-state index contributed by atoms with van der Waals surface area (Å²) < 4.78 is 51.3. The Morgan fingerprint density at radius 1 is 1.48 bits per heavy atom. The highest BCUT2D eigenvalue weighted by Crippen LogP contribution is 2.32. The van der Waals surface area contributed by atoms with Crippen molar-refractivity contribution in [3.8, 4) is 0 Å². The fourth-order valence-electron chi connectivity index (χ4n) is 2.70. The van der Waals surface area contributed by atoms with Gasteiger partial charge in [-0.2, -0.15) is 13.2 Å². The Labute approximate surface area is 131 Å². The van der Waals surface area contributed by atoms with E-state index >= 15 is 0 Å². The molecule has 1 unspecified atom stereocenters. The number of carbonyl (C=O) groups is 2. The lowest BCUT2D eigenvalue weighted by molar-refractivity contribution is -0.154. The molecular formula is C13H15F3N4O3. The first-order valence-electron chi connectivity index (χ1n) is 7.32. The number of fused-ring (bicyclic) bond motifs is 1. The monoisotopic (exact) mass is 333 g/mol. The highest BCUT2D eigenvalue weighted by atomic mass is 19.4. The van der Waals surface area contributed by atoms with Gasteiger partial charge >= 0.3 is 6.18 Å². The molecule has 0 saturated heterocycles. The number of carbonyl (C=O) groups excluding carboxylic acids is 2. The largest absolute Gasteiger partial charge is 0.409 e. The van der Waals surface area contributed by atoms with E-state index in [1.54, 1.807) is 6.92 Å². The topological polar surface area (TPSA) is 73.9 Å². The van der Waals surface area contributed by atoms with Gasteiger partial charge in [-0.05, 0) is 13.0 Å². The summed E-state index contributed by atoms with van der Waals surface area (Å²) in [5.74, 6) is -1.52. The molecule has 2 N–H and O–H groups in total. The smallest absolute Gasteiger partial charge is 0.383 e. The molecule has 2 atom stereocenters. The second-order valence-corrected chi connectivity index (χ2v) is 5.49. The Morgan fingerprint density at radius 3 is 2.78 bits per heavy atom. The fraction of sp³-hybridized carbons (Fsp3) is 0.538. The van der Waals surface area contributed by atoms with Gasteiger partial charge in [-0.3, -0.25) is 9.59 Å². The molecule has 0 aromatic rings. The van der Waals surface area contributed by atoms with Crippen LogP contribution >= 0.6 is 0 Å². The normalized spacial score (nSPS) is 26.9. The van der Waals surface area contributed by atoms with Crippen LogP contribution in [-0.4, -0.2) is 60.2 Å². The first kappa shape index (κ1) is 14.5. The van der Waals surface area contributed by atoms with Crippen LogP contribution < -0.4 is 10.7 Å². The van der Waals surface area contributed by atoms with Gasteiger partial charge in [-0.25, -0.2) is 10.4 Å². The van der Waals surface area contributed by atoms with Gasteiger partial charge in [-0.1, -0.05) is 0 Å². The lowest BCUT2D eigenvalue weighted by atomic mass is 10.2. The minimum absolute atomic E-state index is 0.0401. The van der Waals surface area contributed by atoms with Gasteiger partial charge in [0.2, 0.25) is 0 Å². The zero-order chi connectivity index (χ0) is 17.8. The van der Waals surface area contributed by atoms with Crippen molar-refractivity contribution in [1.29, 1.82) is 0 Å². The Kier molecular flexibility index (Phi) is 3.31. The van der Waals surface area contributed by atoms with Gasteiger partial charge in [-0.15, -0.1) is 0 Å². The molecule has 0 aromatic carbocycles. The van der Waals surface area contributed by atoms with Gasteiger partial charge in [0.1, 0.15) is 19.0 Å². The van der Waals surface area contributed by atoms with Crippen LogP contribution in [0.15, 0.2) is 23.2 Å². The molecule has 3 aliphatic rings. The highest BCUT2D eigenvalue weighted by Gasteiger charge is 2.49. The zero-order valence-corrected chi connectivity index (χ0v) is 12.3. The van der Waals surface area contributed by atoms with Crippen LogP contribution in [0.3, 0.4) is 0 Å². The number of methoxy groups -OCH3 is 1. The molecule has 0 spiro atoms. The molecule has 0 aliphatic carbocycles. The number of hydrogen-bond acceptors (Lipinski definition) is 5. The lowest BCUT2D eigenvalue weighted by Gasteiger charge is -2.27. The van der Waals surface area contributed by atoms with Crippen molar-refractivity contribution in [2.24, 2.45) is 0 Å². The molecule has 3 aliphatic heterocycles. The quantitative estimate of drug-likeness (QED) is 0.751. The van der Waals surface area contributed by atoms with Crippen LogP contribution in [0.4, 0.5) is 13.2 Å². The average molecular weight is 333 g/mol. The van der Waals surface area contributed by atoms with E-state index in [-0.39, 0.29) is 41.7 Å². The maximum absolute atomic E-state index is 12.9. The van der Waals surface area contributed by atoms with Crippen molar-refractivity contribution in [2.75, 3.05) is 20.3 Å².